The number of carbonyl (C=O) groups is 3. The molecule has 0 spiro atoms. The number of phenols is 2. The Morgan fingerprint density at radius 1 is 0.769 bits per heavy atom. The van der Waals surface area contributed by atoms with Crippen LogP contribution in [0, 0.1) is 0 Å². The molecule has 0 aliphatic heterocycles. The summed E-state index contributed by atoms with van der Waals surface area (Å²) in [4.78, 5) is 39.4. The molecule has 0 saturated heterocycles. The van der Waals surface area contributed by atoms with E-state index in [1.807, 2.05) is 12.1 Å². The number of nitrogens with zero attached hydrogens (tertiary/aromatic N) is 1. The SMILES string of the molecule is CN(C(=O)Oc1c(C(N)=O)ccc2ccccc12)c1cccc2c(O)c(C(=O)Nc3ccccc3O)ccc12. The Labute approximate surface area is 222 Å². The van der Waals surface area contributed by atoms with Crippen molar-refractivity contribution in [2.24, 2.45) is 5.73 Å². The van der Waals surface area contributed by atoms with E-state index in [-0.39, 0.29) is 34.1 Å². The normalized spacial score (nSPS) is 10.8. The first-order valence-corrected chi connectivity index (χ1v) is 11.9. The molecule has 0 heterocycles. The number of rotatable bonds is 5. The van der Waals surface area contributed by atoms with Crippen LogP contribution in [0.1, 0.15) is 20.7 Å². The van der Waals surface area contributed by atoms with Gasteiger partial charge in [-0.25, -0.2) is 4.79 Å². The quantitative estimate of drug-likeness (QED) is 0.228. The number of nitrogens with two attached hydrogens (primary N) is 1. The zero-order valence-corrected chi connectivity index (χ0v) is 20.7. The fourth-order valence-electron chi connectivity index (χ4n) is 4.37. The second-order valence-corrected chi connectivity index (χ2v) is 8.76. The molecule has 0 fully saturated rings. The highest BCUT2D eigenvalue weighted by Gasteiger charge is 2.23. The van der Waals surface area contributed by atoms with E-state index >= 15 is 0 Å². The van der Waals surface area contributed by atoms with E-state index in [0.29, 0.717) is 21.8 Å². The van der Waals surface area contributed by atoms with Crippen LogP contribution < -0.4 is 20.7 Å². The number of phenolic OH excluding ortho intramolecular Hbond substituents is 2. The fraction of sp³-hybridized carbons (Fsp3) is 0.0333. The molecule has 9 nitrogen and oxygen atoms in total. The van der Waals surface area contributed by atoms with Gasteiger partial charge in [0, 0.05) is 23.2 Å². The number of nitrogens with one attached hydrogen (secondary N) is 1. The molecule has 0 atom stereocenters. The van der Waals surface area contributed by atoms with E-state index < -0.39 is 17.9 Å². The lowest BCUT2D eigenvalue weighted by atomic mass is 10.0. The maximum absolute atomic E-state index is 13.3. The van der Waals surface area contributed by atoms with Crippen LogP contribution in [0.4, 0.5) is 16.2 Å². The number of primary amides is 1. The van der Waals surface area contributed by atoms with E-state index in [4.69, 9.17) is 10.5 Å². The monoisotopic (exact) mass is 521 g/mol. The number of amides is 3. The standard InChI is InChI=1S/C30H23N3O6/c1-33(30(38)39-27-18-8-3-2-7-17(18)13-14-22(27)28(31)36)24-11-6-9-20-19(24)15-16-21(26(20)35)29(37)32-23-10-4-5-12-25(23)34/h2-16,34-35H,1H3,(H2,31,36)(H,32,37). The van der Waals surface area contributed by atoms with Crippen LogP contribution in [0.2, 0.25) is 0 Å². The smallest absolute Gasteiger partial charge is 0.419 e. The van der Waals surface area contributed by atoms with Gasteiger partial charge in [-0.2, -0.15) is 0 Å². The average Bonchev–Trinajstić information content (AvgIpc) is 2.93. The topological polar surface area (TPSA) is 142 Å². The third-order valence-electron chi connectivity index (χ3n) is 6.38. The number of hydrogen-bond acceptors (Lipinski definition) is 6. The van der Waals surface area contributed by atoms with Crippen LogP contribution in [-0.4, -0.2) is 35.2 Å². The number of benzene rings is 5. The van der Waals surface area contributed by atoms with E-state index in [2.05, 4.69) is 5.32 Å². The van der Waals surface area contributed by atoms with Gasteiger partial charge in [0.05, 0.1) is 22.5 Å². The van der Waals surface area contributed by atoms with Crippen LogP contribution in [0.15, 0.2) is 91.0 Å². The maximum atomic E-state index is 13.3. The summed E-state index contributed by atoms with van der Waals surface area (Å²) in [7, 11) is 1.49. The number of aromatic hydroxyl groups is 2. The lowest BCUT2D eigenvalue weighted by Crippen LogP contribution is -2.30. The number of ether oxygens (including phenoxy) is 1. The molecule has 0 aliphatic carbocycles. The van der Waals surface area contributed by atoms with Gasteiger partial charge < -0.3 is 26.0 Å². The predicted molar refractivity (Wildman–Crippen MR) is 149 cm³/mol. The Balaban J connectivity index is 1.48. The van der Waals surface area contributed by atoms with Gasteiger partial charge in [0.2, 0.25) is 0 Å². The summed E-state index contributed by atoms with van der Waals surface area (Å²) in [6, 6.07) is 24.5. The number of para-hydroxylation sites is 2. The van der Waals surface area contributed by atoms with Gasteiger partial charge in [-0.1, -0.05) is 60.7 Å². The van der Waals surface area contributed by atoms with Crippen molar-refractivity contribution < 1.29 is 29.3 Å². The first kappa shape index (κ1) is 25.1. The van der Waals surface area contributed by atoms with Crippen molar-refractivity contribution in [2.75, 3.05) is 17.3 Å². The second kappa shape index (κ2) is 10.1. The third-order valence-corrected chi connectivity index (χ3v) is 6.38. The lowest BCUT2D eigenvalue weighted by Gasteiger charge is -2.21. The molecule has 0 unspecified atom stereocenters. The van der Waals surface area contributed by atoms with Gasteiger partial charge in [-0.3, -0.25) is 14.5 Å². The Hall–Kier alpha value is -5.57. The summed E-state index contributed by atoms with van der Waals surface area (Å²) in [6.45, 7) is 0. The maximum Gasteiger partial charge on any atom is 0.419 e. The molecule has 5 N–H and O–H groups in total. The average molecular weight is 522 g/mol. The van der Waals surface area contributed by atoms with Gasteiger partial charge in [0.15, 0.2) is 5.75 Å². The van der Waals surface area contributed by atoms with Crippen LogP contribution in [0.5, 0.6) is 17.2 Å². The van der Waals surface area contributed by atoms with E-state index in [9.17, 15) is 24.6 Å². The Bertz CT molecular complexity index is 1780. The molecule has 0 bridgehead atoms. The van der Waals surface area contributed by atoms with Crippen LogP contribution in [-0.2, 0) is 0 Å². The van der Waals surface area contributed by atoms with Crippen molar-refractivity contribution in [3.05, 3.63) is 102 Å². The van der Waals surface area contributed by atoms with Gasteiger partial charge in [0.25, 0.3) is 11.8 Å². The van der Waals surface area contributed by atoms with Gasteiger partial charge >= 0.3 is 6.09 Å². The zero-order valence-electron chi connectivity index (χ0n) is 20.7. The first-order chi connectivity index (χ1) is 18.8. The van der Waals surface area contributed by atoms with Crippen molar-refractivity contribution >= 4 is 50.8 Å². The molecule has 9 heteroatoms. The molecule has 0 saturated carbocycles. The summed E-state index contributed by atoms with van der Waals surface area (Å²) < 4.78 is 5.69. The molecule has 5 aromatic rings. The van der Waals surface area contributed by atoms with Crippen LogP contribution >= 0.6 is 0 Å². The van der Waals surface area contributed by atoms with Gasteiger partial charge in [-0.15, -0.1) is 0 Å². The molecule has 5 aromatic carbocycles. The van der Waals surface area contributed by atoms with E-state index in [1.165, 1.54) is 36.2 Å². The van der Waals surface area contributed by atoms with Crippen LogP contribution in [0.25, 0.3) is 21.5 Å². The number of anilines is 2. The zero-order chi connectivity index (χ0) is 27.7. The van der Waals surface area contributed by atoms with Crippen molar-refractivity contribution in [2.45, 2.75) is 0 Å². The van der Waals surface area contributed by atoms with Crippen molar-refractivity contribution in [1.29, 1.82) is 0 Å². The predicted octanol–water partition coefficient (Wildman–Crippen LogP) is 5.39. The highest BCUT2D eigenvalue weighted by atomic mass is 16.6. The summed E-state index contributed by atoms with van der Waals surface area (Å²) in [5, 5.41) is 25.6. The highest BCUT2D eigenvalue weighted by molar-refractivity contribution is 6.13. The molecule has 0 aromatic heterocycles. The molecule has 0 aliphatic rings. The van der Waals surface area contributed by atoms with Crippen LogP contribution in [0.3, 0.4) is 0 Å². The highest BCUT2D eigenvalue weighted by Crippen LogP contribution is 2.36. The number of fused-ring (bicyclic) bond motifs is 2. The summed E-state index contributed by atoms with van der Waals surface area (Å²) in [6.07, 6.45) is -0.790. The van der Waals surface area contributed by atoms with E-state index in [0.717, 1.165) is 5.39 Å². The summed E-state index contributed by atoms with van der Waals surface area (Å²) in [5.41, 5.74) is 6.17. The lowest BCUT2D eigenvalue weighted by molar-refractivity contribution is 0.0995. The second-order valence-electron chi connectivity index (χ2n) is 8.76. The minimum absolute atomic E-state index is 0.0185. The molecule has 194 valence electrons. The molecular weight excluding hydrogens is 498 g/mol. The molecular formula is C30H23N3O6. The van der Waals surface area contributed by atoms with Crippen molar-refractivity contribution in [3.63, 3.8) is 0 Å². The van der Waals surface area contributed by atoms with Gasteiger partial charge in [0.1, 0.15) is 11.5 Å². The number of hydrogen-bond donors (Lipinski definition) is 4. The fourth-order valence-corrected chi connectivity index (χ4v) is 4.37. The minimum atomic E-state index is -0.790. The summed E-state index contributed by atoms with van der Waals surface area (Å²) in [5.74, 6) is -1.73. The largest absolute Gasteiger partial charge is 0.506 e. The third kappa shape index (κ3) is 4.64. The first-order valence-electron chi connectivity index (χ1n) is 11.9. The molecule has 5 rings (SSSR count). The van der Waals surface area contributed by atoms with Gasteiger partial charge in [-0.05, 0) is 35.7 Å². The Morgan fingerprint density at radius 2 is 1.46 bits per heavy atom. The molecule has 3 amide bonds. The minimum Gasteiger partial charge on any atom is -0.506 e. The Morgan fingerprint density at radius 3 is 2.23 bits per heavy atom. The van der Waals surface area contributed by atoms with E-state index in [1.54, 1.807) is 54.6 Å². The molecule has 39 heavy (non-hydrogen) atoms. The van der Waals surface area contributed by atoms with Crippen molar-refractivity contribution in [1.82, 2.24) is 0 Å². The molecule has 0 radical (unpaired) electrons. The Kier molecular flexibility index (Phi) is 6.47. The van der Waals surface area contributed by atoms with Crippen molar-refractivity contribution in [3.8, 4) is 17.2 Å². The summed E-state index contributed by atoms with van der Waals surface area (Å²) >= 11 is 0. The number of carbonyl (C=O) groups excluding carboxylic acids is 3.